The second kappa shape index (κ2) is 8.17. The van der Waals surface area contributed by atoms with E-state index in [9.17, 15) is 23.1 Å². The summed E-state index contributed by atoms with van der Waals surface area (Å²) in [6, 6.07) is 20.3. The monoisotopic (exact) mass is 386 g/mol. The third-order valence-corrected chi connectivity index (χ3v) is 4.22. The third kappa shape index (κ3) is 4.71. The molecule has 1 N–H and O–H groups in total. The average molecular weight is 386 g/mol. The van der Waals surface area contributed by atoms with Crippen molar-refractivity contribution in [2.75, 3.05) is 0 Å². The topological polar surface area (TPSA) is 46.5 Å². The number of alkyl halides is 3. The van der Waals surface area contributed by atoms with Gasteiger partial charge < -0.3 is 9.84 Å². The largest absolute Gasteiger partial charge is 0.478 e. The molecule has 1 atom stereocenters. The van der Waals surface area contributed by atoms with Crippen LogP contribution in [-0.4, -0.2) is 17.2 Å². The van der Waals surface area contributed by atoms with Gasteiger partial charge in [0.05, 0.1) is 5.56 Å². The van der Waals surface area contributed by atoms with Gasteiger partial charge in [0.15, 0.2) is 6.10 Å². The molecule has 0 aliphatic carbocycles. The number of rotatable bonds is 6. The summed E-state index contributed by atoms with van der Waals surface area (Å²) >= 11 is 0. The number of carbonyl (C=O) groups is 1. The lowest BCUT2D eigenvalue weighted by molar-refractivity contribution is -0.145. The van der Waals surface area contributed by atoms with Gasteiger partial charge in [-0.25, -0.2) is 4.79 Å². The van der Waals surface area contributed by atoms with Crippen molar-refractivity contribution in [3.63, 3.8) is 0 Å². The number of benzene rings is 3. The lowest BCUT2D eigenvalue weighted by atomic mass is 9.99. The maximum absolute atomic E-state index is 13.2. The van der Waals surface area contributed by atoms with Gasteiger partial charge >= 0.3 is 12.1 Å². The first kappa shape index (κ1) is 19.5. The van der Waals surface area contributed by atoms with Crippen molar-refractivity contribution >= 4 is 5.97 Å². The van der Waals surface area contributed by atoms with Crippen LogP contribution in [0.1, 0.15) is 11.1 Å². The van der Waals surface area contributed by atoms with Crippen LogP contribution in [0, 0.1) is 0 Å². The predicted octanol–water partition coefficient (Wildman–Crippen LogP) is 5.45. The van der Waals surface area contributed by atoms with Crippen LogP contribution in [0.2, 0.25) is 0 Å². The van der Waals surface area contributed by atoms with Crippen molar-refractivity contribution in [3.05, 3.63) is 90.0 Å². The van der Waals surface area contributed by atoms with Crippen LogP contribution >= 0.6 is 0 Å². The number of hydrogen-bond donors (Lipinski definition) is 1. The maximum Gasteiger partial charge on any atom is 0.417 e. The number of carboxylic acid groups (broad SMARTS) is 1. The van der Waals surface area contributed by atoms with Crippen LogP contribution in [0.3, 0.4) is 0 Å². The van der Waals surface area contributed by atoms with E-state index in [-0.39, 0.29) is 17.7 Å². The SMILES string of the molecule is O=C(O)[C@H](Cc1ccccc1)Oc1ccc(-c2ccccc2C(F)(F)F)cc1. The van der Waals surface area contributed by atoms with Crippen molar-refractivity contribution < 1.29 is 27.8 Å². The number of aliphatic carboxylic acids is 1. The molecular formula is C22H17F3O3. The summed E-state index contributed by atoms with van der Waals surface area (Å²) in [5.41, 5.74) is 0.512. The second-order valence-corrected chi connectivity index (χ2v) is 6.20. The predicted molar refractivity (Wildman–Crippen MR) is 99.1 cm³/mol. The summed E-state index contributed by atoms with van der Waals surface area (Å²) in [6.07, 6.45) is -5.39. The average Bonchev–Trinajstić information content (AvgIpc) is 2.68. The van der Waals surface area contributed by atoms with E-state index in [0.717, 1.165) is 11.6 Å². The van der Waals surface area contributed by atoms with Crippen LogP contribution in [-0.2, 0) is 17.4 Å². The minimum Gasteiger partial charge on any atom is -0.478 e. The highest BCUT2D eigenvalue weighted by Crippen LogP contribution is 2.37. The van der Waals surface area contributed by atoms with E-state index in [0.29, 0.717) is 5.56 Å². The van der Waals surface area contributed by atoms with E-state index < -0.39 is 23.8 Å². The molecule has 3 aromatic carbocycles. The summed E-state index contributed by atoms with van der Waals surface area (Å²) in [5, 5.41) is 9.40. The quantitative estimate of drug-likeness (QED) is 0.613. The first-order valence-corrected chi connectivity index (χ1v) is 8.54. The molecule has 0 amide bonds. The van der Waals surface area contributed by atoms with Gasteiger partial charge in [0.2, 0.25) is 0 Å². The molecule has 0 aromatic heterocycles. The minimum atomic E-state index is -4.46. The van der Waals surface area contributed by atoms with Crippen molar-refractivity contribution in [1.82, 2.24) is 0 Å². The Hall–Kier alpha value is -3.28. The van der Waals surface area contributed by atoms with Crippen LogP contribution in [0.4, 0.5) is 13.2 Å². The molecule has 0 saturated carbocycles. The molecule has 3 aromatic rings. The van der Waals surface area contributed by atoms with Crippen molar-refractivity contribution in [3.8, 4) is 16.9 Å². The molecule has 3 nitrogen and oxygen atoms in total. The van der Waals surface area contributed by atoms with Gasteiger partial charge in [0.1, 0.15) is 5.75 Å². The van der Waals surface area contributed by atoms with E-state index in [2.05, 4.69) is 0 Å². The molecule has 0 saturated heterocycles. The first-order valence-electron chi connectivity index (χ1n) is 8.54. The van der Waals surface area contributed by atoms with E-state index in [4.69, 9.17) is 4.74 Å². The van der Waals surface area contributed by atoms with Gasteiger partial charge in [-0.15, -0.1) is 0 Å². The Kier molecular flexibility index (Phi) is 5.68. The molecule has 0 fully saturated rings. The molecule has 0 heterocycles. The molecule has 144 valence electrons. The Balaban J connectivity index is 1.80. The van der Waals surface area contributed by atoms with Crippen molar-refractivity contribution in [2.45, 2.75) is 18.7 Å². The summed E-state index contributed by atoms with van der Waals surface area (Å²) in [4.78, 5) is 11.5. The van der Waals surface area contributed by atoms with Crippen LogP contribution in [0.25, 0.3) is 11.1 Å². The Morgan fingerprint density at radius 3 is 2.11 bits per heavy atom. The highest BCUT2D eigenvalue weighted by atomic mass is 19.4. The standard InChI is InChI=1S/C22H17F3O3/c23-22(24,25)19-9-5-4-8-18(19)16-10-12-17(13-11-16)28-20(21(26)27)14-15-6-2-1-3-7-15/h1-13,20H,14H2,(H,26,27)/t20-/m0/s1. The lowest BCUT2D eigenvalue weighted by Crippen LogP contribution is -2.29. The molecular weight excluding hydrogens is 369 g/mol. The zero-order valence-corrected chi connectivity index (χ0v) is 14.7. The van der Waals surface area contributed by atoms with Crippen LogP contribution in [0.15, 0.2) is 78.9 Å². The zero-order valence-electron chi connectivity index (χ0n) is 14.7. The molecule has 0 aliphatic heterocycles. The lowest BCUT2D eigenvalue weighted by Gasteiger charge is -2.16. The van der Waals surface area contributed by atoms with Gasteiger partial charge in [-0.2, -0.15) is 13.2 Å². The summed E-state index contributed by atoms with van der Waals surface area (Å²) in [6.45, 7) is 0. The van der Waals surface area contributed by atoms with Crippen molar-refractivity contribution in [1.29, 1.82) is 0 Å². The number of hydrogen-bond acceptors (Lipinski definition) is 2. The fourth-order valence-electron chi connectivity index (χ4n) is 2.87. The Bertz CT molecular complexity index is 935. The number of halogens is 3. The Labute approximate surface area is 160 Å². The van der Waals surface area contributed by atoms with Gasteiger partial charge in [0, 0.05) is 6.42 Å². The fraction of sp³-hybridized carbons (Fsp3) is 0.136. The molecule has 0 unspecified atom stereocenters. The minimum absolute atomic E-state index is 0.0561. The maximum atomic E-state index is 13.2. The van der Waals surface area contributed by atoms with Gasteiger partial charge in [0.25, 0.3) is 0 Å². The van der Waals surface area contributed by atoms with Crippen molar-refractivity contribution in [2.24, 2.45) is 0 Å². The molecule has 0 radical (unpaired) electrons. The molecule has 0 aliphatic rings. The first-order chi connectivity index (χ1) is 13.3. The molecule has 6 heteroatoms. The summed E-state index contributed by atoms with van der Waals surface area (Å²) in [5.74, 6) is -0.841. The molecule has 0 spiro atoms. The molecule has 28 heavy (non-hydrogen) atoms. The zero-order chi connectivity index (χ0) is 20.1. The van der Waals surface area contributed by atoms with E-state index in [1.54, 1.807) is 24.3 Å². The van der Waals surface area contributed by atoms with Crippen LogP contribution < -0.4 is 4.74 Å². The van der Waals surface area contributed by atoms with Gasteiger partial charge in [-0.3, -0.25) is 0 Å². The summed E-state index contributed by atoms with van der Waals surface area (Å²) in [7, 11) is 0. The van der Waals surface area contributed by atoms with E-state index in [1.807, 2.05) is 6.07 Å². The fourth-order valence-corrected chi connectivity index (χ4v) is 2.87. The summed E-state index contributed by atoms with van der Waals surface area (Å²) < 4.78 is 45.1. The van der Waals surface area contributed by atoms with Gasteiger partial charge in [-0.05, 0) is 34.9 Å². The second-order valence-electron chi connectivity index (χ2n) is 6.20. The normalized spacial score (nSPS) is 12.4. The number of ether oxygens (including phenoxy) is 1. The highest BCUT2D eigenvalue weighted by Gasteiger charge is 2.33. The third-order valence-electron chi connectivity index (χ3n) is 4.22. The number of carboxylic acids is 1. The highest BCUT2D eigenvalue weighted by molar-refractivity contribution is 5.73. The van der Waals surface area contributed by atoms with Gasteiger partial charge in [-0.1, -0.05) is 60.7 Å². The smallest absolute Gasteiger partial charge is 0.417 e. The van der Waals surface area contributed by atoms with E-state index in [1.165, 1.54) is 42.5 Å². The Morgan fingerprint density at radius 2 is 1.50 bits per heavy atom. The van der Waals surface area contributed by atoms with E-state index >= 15 is 0 Å². The molecule has 0 bridgehead atoms. The van der Waals surface area contributed by atoms with Crippen LogP contribution in [0.5, 0.6) is 5.75 Å². The Morgan fingerprint density at radius 1 is 0.893 bits per heavy atom. The molecule has 3 rings (SSSR count).